The molecule has 0 spiro atoms. The second kappa shape index (κ2) is 6.34. The molecule has 0 rings (SSSR count). The molecule has 0 bridgehead atoms. The minimum atomic E-state index is -0.549. The Hall–Kier alpha value is -1.19. The van der Waals surface area contributed by atoms with E-state index in [0.717, 1.165) is 0 Å². The van der Waals surface area contributed by atoms with Crippen LogP contribution in [0.2, 0.25) is 0 Å². The van der Waals surface area contributed by atoms with Crippen molar-refractivity contribution in [3.05, 3.63) is 6.42 Å². The lowest BCUT2D eigenvalue weighted by molar-refractivity contribution is -0.145. The van der Waals surface area contributed by atoms with Crippen molar-refractivity contribution in [2.45, 2.75) is 26.7 Å². The van der Waals surface area contributed by atoms with Crippen molar-refractivity contribution < 1.29 is 19.1 Å². The molecule has 0 heterocycles. The lowest BCUT2D eigenvalue weighted by Crippen LogP contribution is -2.12. The topological polar surface area (TPSA) is 60.4 Å². The molecule has 0 atom stereocenters. The van der Waals surface area contributed by atoms with E-state index in [2.05, 4.69) is 4.74 Å². The summed E-state index contributed by atoms with van der Waals surface area (Å²) in [6.07, 6.45) is 1.01. The van der Waals surface area contributed by atoms with E-state index >= 15 is 0 Å². The first-order chi connectivity index (χ1) is 6.06. The Morgan fingerprint density at radius 3 is 2.38 bits per heavy atom. The molecule has 13 heavy (non-hydrogen) atoms. The first kappa shape index (κ1) is 11.8. The van der Waals surface area contributed by atoms with Crippen LogP contribution in [-0.4, -0.2) is 24.1 Å². The van der Waals surface area contributed by atoms with Gasteiger partial charge in [0.15, 0.2) is 0 Å². The van der Waals surface area contributed by atoms with E-state index in [-0.39, 0.29) is 31.0 Å². The van der Waals surface area contributed by atoms with Crippen LogP contribution >= 0.6 is 0 Å². The van der Waals surface area contributed by atoms with Gasteiger partial charge >= 0.3 is 5.97 Å². The third-order valence-electron chi connectivity index (χ3n) is 1.24. The average molecular weight is 185 g/mol. The molecule has 4 heteroatoms. The van der Waals surface area contributed by atoms with Crippen LogP contribution in [0, 0.1) is 6.42 Å². The summed E-state index contributed by atoms with van der Waals surface area (Å²) in [7, 11) is 0. The molecule has 0 unspecified atom stereocenters. The van der Waals surface area contributed by atoms with E-state index in [1.54, 1.807) is 6.92 Å². The van der Waals surface area contributed by atoms with Crippen LogP contribution in [0.5, 0.6) is 0 Å². The number of hydrogen-bond acceptors (Lipinski definition) is 4. The molecule has 0 aromatic heterocycles. The Kier molecular flexibility index (Phi) is 5.76. The van der Waals surface area contributed by atoms with Gasteiger partial charge in [-0.2, -0.15) is 0 Å². The van der Waals surface area contributed by atoms with Gasteiger partial charge in [-0.15, -0.1) is 0 Å². The van der Waals surface area contributed by atoms with Crippen LogP contribution in [0.4, 0.5) is 0 Å². The summed E-state index contributed by atoms with van der Waals surface area (Å²) in [6, 6.07) is 0. The summed E-state index contributed by atoms with van der Waals surface area (Å²) < 4.78 is 4.55. The van der Waals surface area contributed by atoms with E-state index in [9.17, 15) is 14.4 Å². The van der Waals surface area contributed by atoms with Crippen molar-refractivity contribution in [2.75, 3.05) is 6.61 Å². The number of hydrogen-bond donors (Lipinski definition) is 0. The summed E-state index contributed by atoms with van der Waals surface area (Å²) in [5.41, 5.74) is 0. The van der Waals surface area contributed by atoms with E-state index in [0.29, 0.717) is 0 Å². The first-order valence-corrected chi connectivity index (χ1v) is 4.07. The van der Waals surface area contributed by atoms with Crippen molar-refractivity contribution in [3.8, 4) is 0 Å². The standard InChI is InChI=1S/C9H13O4/c1-3-13-9(12)6-8(11)5-4-7(2)10/h5H,3-4,6H2,1-2H3. The van der Waals surface area contributed by atoms with Crippen molar-refractivity contribution in [2.24, 2.45) is 0 Å². The molecule has 0 aromatic rings. The molecule has 1 radical (unpaired) electrons. The molecule has 0 aliphatic rings. The highest BCUT2D eigenvalue weighted by atomic mass is 16.5. The van der Waals surface area contributed by atoms with Gasteiger partial charge in [0.05, 0.1) is 6.61 Å². The van der Waals surface area contributed by atoms with Crippen LogP contribution < -0.4 is 0 Å². The highest BCUT2D eigenvalue weighted by Gasteiger charge is 2.10. The molecule has 0 saturated carbocycles. The van der Waals surface area contributed by atoms with Gasteiger partial charge in [-0.3, -0.25) is 9.59 Å². The highest BCUT2D eigenvalue weighted by molar-refractivity contribution is 6.02. The molecular formula is C9H13O4. The Balaban J connectivity index is 3.62. The third-order valence-corrected chi connectivity index (χ3v) is 1.24. The smallest absolute Gasteiger partial charge is 0.313 e. The number of carbonyl (C=O) groups excluding carboxylic acids is 3. The van der Waals surface area contributed by atoms with Crippen LogP contribution in [0.3, 0.4) is 0 Å². The second-order valence-corrected chi connectivity index (χ2v) is 2.56. The molecule has 0 amide bonds. The minimum absolute atomic E-state index is 0.0816. The van der Waals surface area contributed by atoms with Crippen LogP contribution in [0.25, 0.3) is 0 Å². The van der Waals surface area contributed by atoms with Crippen molar-refractivity contribution in [1.29, 1.82) is 0 Å². The summed E-state index contributed by atoms with van der Waals surface area (Å²) in [5.74, 6) is -1.02. The molecule has 0 aromatic carbocycles. The maximum atomic E-state index is 10.9. The molecule has 73 valence electrons. The number of esters is 1. The van der Waals surface area contributed by atoms with Crippen LogP contribution in [0.1, 0.15) is 26.7 Å². The van der Waals surface area contributed by atoms with E-state index in [1.165, 1.54) is 13.3 Å². The predicted molar refractivity (Wildman–Crippen MR) is 45.9 cm³/mol. The van der Waals surface area contributed by atoms with Gasteiger partial charge in [0.2, 0.25) is 0 Å². The quantitative estimate of drug-likeness (QED) is 0.451. The fourth-order valence-electron chi connectivity index (χ4n) is 0.684. The number of ether oxygens (including phenoxy) is 1. The Morgan fingerprint density at radius 2 is 1.92 bits per heavy atom. The van der Waals surface area contributed by atoms with Gasteiger partial charge in [0, 0.05) is 12.8 Å². The SMILES string of the molecule is CCOC(=O)CC(=O)[CH]CC(C)=O. The summed E-state index contributed by atoms with van der Waals surface area (Å²) in [4.78, 5) is 32.1. The normalized spacial score (nSPS) is 9.38. The highest BCUT2D eigenvalue weighted by Crippen LogP contribution is 1.96. The molecule has 0 aliphatic heterocycles. The Labute approximate surface area is 77.3 Å². The third kappa shape index (κ3) is 7.18. The van der Waals surface area contributed by atoms with Gasteiger partial charge in [-0.05, 0) is 13.8 Å². The molecular weight excluding hydrogens is 172 g/mol. The van der Waals surface area contributed by atoms with E-state index in [4.69, 9.17) is 0 Å². The Bertz CT molecular complexity index is 208. The number of Topliss-reactive ketones (excluding diaryl/α,β-unsaturated/α-hetero) is 2. The maximum Gasteiger partial charge on any atom is 0.313 e. The van der Waals surface area contributed by atoms with Crippen LogP contribution in [0.15, 0.2) is 0 Å². The lowest BCUT2D eigenvalue weighted by Gasteiger charge is -1.99. The van der Waals surface area contributed by atoms with E-state index < -0.39 is 5.97 Å². The fourth-order valence-corrected chi connectivity index (χ4v) is 0.684. The fraction of sp³-hybridized carbons (Fsp3) is 0.556. The first-order valence-electron chi connectivity index (χ1n) is 4.07. The summed E-state index contributed by atoms with van der Waals surface area (Å²) in [6.45, 7) is 3.31. The second-order valence-electron chi connectivity index (χ2n) is 2.56. The van der Waals surface area contributed by atoms with Crippen molar-refractivity contribution in [1.82, 2.24) is 0 Å². The monoisotopic (exact) mass is 185 g/mol. The van der Waals surface area contributed by atoms with Gasteiger partial charge in [-0.1, -0.05) is 0 Å². The minimum Gasteiger partial charge on any atom is -0.466 e. The summed E-state index contributed by atoms with van der Waals surface area (Å²) in [5, 5.41) is 0. The average Bonchev–Trinajstić information content (AvgIpc) is 2.01. The zero-order valence-corrected chi connectivity index (χ0v) is 7.83. The largest absolute Gasteiger partial charge is 0.466 e. The molecule has 0 N–H and O–H groups in total. The zero-order valence-electron chi connectivity index (χ0n) is 7.83. The number of ketones is 2. The van der Waals surface area contributed by atoms with Crippen LogP contribution in [-0.2, 0) is 19.1 Å². The lowest BCUT2D eigenvalue weighted by atomic mass is 10.1. The van der Waals surface area contributed by atoms with Crippen molar-refractivity contribution in [3.63, 3.8) is 0 Å². The molecule has 0 fully saturated rings. The predicted octanol–water partition coefficient (Wildman–Crippen LogP) is 0.692. The van der Waals surface area contributed by atoms with Gasteiger partial charge < -0.3 is 9.53 Å². The van der Waals surface area contributed by atoms with Gasteiger partial charge in [-0.25, -0.2) is 0 Å². The van der Waals surface area contributed by atoms with Gasteiger partial charge in [0.1, 0.15) is 18.0 Å². The Morgan fingerprint density at radius 1 is 1.31 bits per heavy atom. The number of rotatable bonds is 6. The maximum absolute atomic E-state index is 10.9. The zero-order chi connectivity index (χ0) is 10.3. The summed E-state index contributed by atoms with van der Waals surface area (Å²) >= 11 is 0. The van der Waals surface area contributed by atoms with Gasteiger partial charge in [0.25, 0.3) is 0 Å². The molecule has 0 saturated heterocycles. The van der Waals surface area contributed by atoms with E-state index in [1.807, 2.05) is 0 Å². The molecule has 4 nitrogen and oxygen atoms in total. The number of carbonyl (C=O) groups is 3. The molecule has 0 aliphatic carbocycles. The van der Waals surface area contributed by atoms with Crippen molar-refractivity contribution >= 4 is 17.5 Å².